The molecule has 4 heterocycles. The zero-order valence-electron chi connectivity index (χ0n) is 18.0. The van der Waals surface area contributed by atoms with Crippen molar-refractivity contribution in [1.82, 2.24) is 15.1 Å². The maximum Gasteiger partial charge on any atom is 0.228 e. The topological polar surface area (TPSA) is 72.9 Å². The van der Waals surface area contributed by atoms with Crippen molar-refractivity contribution in [3.63, 3.8) is 0 Å². The van der Waals surface area contributed by atoms with Gasteiger partial charge >= 0.3 is 0 Å². The molecule has 1 unspecified atom stereocenters. The molecule has 10 heteroatoms. The Morgan fingerprint density at radius 2 is 1.69 bits per heavy atom. The molecule has 2 aromatic rings. The van der Waals surface area contributed by atoms with Crippen LogP contribution in [0.3, 0.4) is 0 Å². The minimum absolute atomic E-state index is 0.0538. The lowest BCUT2D eigenvalue weighted by atomic mass is 9.96. The summed E-state index contributed by atoms with van der Waals surface area (Å²) in [6.45, 7) is 5.04. The van der Waals surface area contributed by atoms with Crippen LogP contribution in [-0.2, 0) is 9.59 Å². The van der Waals surface area contributed by atoms with E-state index in [0.29, 0.717) is 37.7 Å². The predicted molar refractivity (Wildman–Crippen MR) is 122 cm³/mol. The number of carbonyl (C=O) groups is 2. The van der Waals surface area contributed by atoms with Gasteiger partial charge in [0.1, 0.15) is 5.82 Å². The average molecular weight is 459 g/mol. The number of nitrogens with zero attached hydrogens (tertiary/aromatic N) is 6. The molecule has 32 heavy (non-hydrogen) atoms. The SMILES string of the molecule is O=C(C1CCCN(c2nnc(N3CCCC3=O)s2)C1)N1CCN(c2ccc(F)cc2)CC1. The molecule has 0 aliphatic carbocycles. The summed E-state index contributed by atoms with van der Waals surface area (Å²) in [5.74, 6) is 0.0213. The van der Waals surface area contributed by atoms with Crippen LogP contribution in [-0.4, -0.2) is 72.7 Å². The lowest BCUT2D eigenvalue weighted by molar-refractivity contribution is -0.136. The van der Waals surface area contributed by atoms with Crippen LogP contribution in [0.25, 0.3) is 0 Å². The highest BCUT2D eigenvalue weighted by Crippen LogP contribution is 2.32. The first-order valence-corrected chi connectivity index (χ1v) is 12.1. The van der Waals surface area contributed by atoms with Crippen molar-refractivity contribution in [3.8, 4) is 0 Å². The molecule has 3 saturated heterocycles. The van der Waals surface area contributed by atoms with Gasteiger partial charge in [-0.15, -0.1) is 10.2 Å². The smallest absolute Gasteiger partial charge is 0.228 e. The third-order valence-electron chi connectivity index (χ3n) is 6.53. The van der Waals surface area contributed by atoms with Crippen LogP contribution in [0.15, 0.2) is 24.3 Å². The van der Waals surface area contributed by atoms with E-state index in [1.54, 1.807) is 17.0 Å². The molecule has 170 valence electrons. The monoisotopic (exact) mass is 458 g/mol. The van der Waals surface area contributed by atoms with E-state index in [-0.39, 0.29) is 23.5 Å². The largest absolute Gasteiger partial charge is 0.368 e. The maximum absolute atomic E-state index is 13.2. The number of halogens is 1. The van der Waals surface area contributed by atoms with E-state index >= 15 is 0 Å². The molecule has 1 aromatic heterocycles. The van der Waals surface area contributed by atoms with Gasteiger partial charge in [0.15, 0.2) is 0 Å². The molecule has 3 aliphatic rings. The van der Waals surface area contributed by atoms with Gasteiger partial charge in [-0.25, -0.2) is 4.39 Å². The molecule has 0 saturated carbocycles. The molecule has 5 rings (SSSR count). The molecule has 0 radical (unpaired) electrons. The summed E-state index contributed by atoms with van der Waals surface area (Å²) in [7, 11) is 0. The Labute approximate surface area is 190 Å². The number of hydrogen-bond acceptors (Lipinski definition) is 7. The first kappa shape index (κ1) is 21.1. The van der Waals surface area contributed by atoms with Crippen LogP contribution in [0.2, 0.25) is 0 Å². The van der Waals surface area contributed by atoms with Gasteiger partial charge in [0.2, 0.25) is 22.1 Å². The summed E-state index contributed by atoms with van der Waals surface area (Å²) in [5, 5.41) is 10.0. The second kappa shape index (κ2) is 9.01. The van der Waals surface area contributed by atoms with Gasteiger partial charge in [-0.2, -0.15) is 0 Å². The minimum atomic E-state index is -0.237. The van der Waals surface area contributed by atoms with E-state index in [1.165, 1.54) is 23.5 Å². The molecule has 0 spiro atoms. The maximum atomic E-state index is 13.2. The number of benzene rings is 1. The first-order valence-electron chi connectivity index (χ1n) is 11.3. The number of piperidine rings is 1. The molecule has 3 fully saturated rings. The van der Waals surface area contributed by atoms with Crippen LogP contribution >= 0.6 is 11.3 Å². The zero-order valence-corrected chi connectivity index (χ0v) is 18.8. The van der Waals surface area contributed by atoms with Gasteiger partial charge < -0.3 is 14.7 Å². The van der Waals surface area contributed by atoms with E-state index in [2.05, 4.69) is 20.0 Å². The summed E-state index contributed by atoms with van der Waals surface area (Å²) in [5.41, 5.74) is 0.992. The zero-order chi connectivity index (χ0) is 22.1. The third-order valence-corrected chi connectivity index (χ3v) is 7.54. The molecule has 8 nitrogen and oxygen atoms in total. The number of amides is 2. The van der Waals surface area contributed by atoms with Crippen LogP contribution in [0.1, 0.15) is 25.7 Å². The second-order valence-corrected chi connectivity index (χ2v) is 9.52. The van der Waals surface area contributed by atoms with E-state index < -0.39 is 0 Å². The Morgan fingerprint density at radius 1 is 0.938 bits per heavy atom. The second-order valence-electron chi connectivity index (χ2n) is 8.59. The van der Waals surface area contributed by atoms with Crippen LogP contribution in [0.4, 0.5) is 20.3 Å². The number of carbonyl (C=O) groups excluding carboxylic acids is 2. The quantitative estimate of drug-likeness (QED) is 0.701. The van der Waals surface area contributed by atoms with Crippen molar-refractivity contribution in [3.05, 3.63) is 30.1 Å². The van der Waals surface area contributed by atoms with Crippen molar-refractivity contribution >= 4 is 39.1 Å². The van der Waals surface area contributed by atoms with E-state index in [1.807, 2.05) is 4.90 Å². The van der Waals surface area contributed by atoms with E-state index in [4.69, 9.17) is 0 Å². The molecule has 3 aliphatic heterocycles. The van der Waals surface area contributed by atoms with Crippen LogP contribution in [0, 0.1) is 11.7 Å². The van der Waals surface area contributed by atoms with Gasteiger partial charge in [0.05, 0.1) is 5.92 Å². The number of rotatable bonds is 4. The van der Waals surface area contributed by atoms with E-state index in [0.717, 1.165) is 49.7 Å². The molecule has 1 aromatic carbocycles. The Kier molecular flexibility index (Phi) is 5.95. The minimum Gasteiger partial charge on any atom is -0.368 e. The predicted octanol–water partition coefficient (Wildman–Crippen LogP) is 2.37. The number of piperazine rings is 1. The van der Waals surface area contributed by atoms with Crippen molar-refractivity contribution in [1.29, 1.82) is 0 Å². The number of aromatic nitrogens is 2. The van der Waals surface area contributed by atoms with Gasteiger partial charge in [-0.05, 0) is 43.5 Å². The van der Waals surface area contributed by atoms with Crippen molar-refractivity contribution < 1.29 is 14.0 Å². The Balaban J connectivity index is 1.18. The molecule has 1 atom stereocenters. The number of anilines is 3. The highest BCUT2D eigenvalue weighted by molar-refractivity contribution is 7.19. The Hall–Kier alpha value is -2.75. The van der Waals surface area contributed by atoms with Gasteiger partial charge in [-0.1, -0.05) is 11.3 Å². The highest BCUT2D eigenvalue weighted by Gasteiger charge is 2.33. The normalized spacial score (nSPS) is 22.0. The van der Waals surface area contributed by atoms with Crippen molar-refractivity contribution in [2.24, 2.45) is 5.92 Å². The molecular formula is C22H27FN6O2S. The van der Waals surface area contributed by atoms with E-state index in [9.17, 15) is 14.0 Å². The molecular weight excluding hydrogens is 431 g/mol. The molecule has 0 bridgehead atoms. The van der Waals surface area contributed by atoms with Crippen LogP contribution in [0.5, 0.6) is 0 Å². The van der Waals surface area contributed by atoms with Crippen molar-refractivity contribution in [2.45, 2.75) is 25.7 Å². The van der Waals surface area contributed by atoms with Gasteiger partial charge in [0, 0.05) is 57.9 Å². The standard InChI is InChI=1S/C22H27FN6O2S/c23-17-5-7-18(8-6-17)26-11-13-27(14-12-26)20(31)16-3-1-9-28(15-16)21-24-25-22(32-21)29-10-2-4-19(29)30/h5-8,16H,1-4,9-15H2. The third kappa shape index (κ3) is 4.28. The average Bonchev–Trinajstić information content (AvgIpc) is 3.48. The fourth-order valence-corrected chi connectivity index (χ4v) is 5.67. The summed E-state index contributed by atoms with van der Waals surface area (Å²) < 4.78 is 13.2. The summed E-state index contributed by atoms with van der Waals surface area (Å²) in [6, 6.07) is 6.53. The Morgan fingerprint density at radius 3 is 2.41 bits per heavy atom. The summed E-state index contributed by atoms with van der Waals surface area (Å²) >= 11 is 1.44. The van der Waals surface area contributed by atoms with Crippen LogP contribution < -0.4 is 14.7 Å². The first-order chi connectivity index (χ1) is 15.6. The Bertz CT molecular complexity index is 975. The fourth-order valence-electron chi connectivity index (χ4n) is 4.74. The number of hydrogen-bond donors (Lipinski definition) is 0. The summed E-state index contributed by atoms with van der Waals surface area (Å²) in [6.07, 6.45) is 3.25. The lowest BCUT2D eigenvalue weighted by Gasteiger charge is -2.39. The fraction of sp³-hybridized carbons (Fsp3) is 0.545. The summed E-state index contributed by atoms with van der Waals surface area (Å²) in [4.78, 5) is 33.2. The van der Waals surface area contributed by atoms with Gasteiger partial charge in [0.25, 0.3) is 0 Å². The molecule has 0 N–H and O–H groups in total. The van der Waals surface area contributed by atoms with Crippen molar-refractivity contribution in [2.75, 3.05) is 60.5 Å². The highest BCUT2D eigenvalue weighted by atomic mass is 32.1. The lowest BCUT2D eigenvalue weighted by Crippen LogP contribution is -2.52. The van der Waals surface area contributed by atoms with Gasteiger partial charge in [-0.3, -0.25) is 14.5 Å². The molecule has 2 amide bonds.